The summed E-state index contributed by atoms with van der Waals surface area (Å²) in [5.41, 5.74) is -6.19. The maximum atomic E-state index is 14.9. The summed E-state index contributed by atoms with van der Waals surface area (Å²) in [5.74, 6) is -2.45. The molecule has 3 aliphatic rings. The lowest BCUT2D eigenvalue weighted by Gasteiger charge is -2.43. The van der Waals surface area contributed by atoms with Gasteiger partial charge in [-0.2, -0.15) is 13.2 Å². The number of rotatable bonds is 6. The van der Waals surface area contributed by atoms with Crippen molar-refractivity contribution >= 4 is 21.7 Å². The number of carbonyl (C=O) groups is 2. The highest BCUT2D eigenvalue weighted by molar-refractivity contribution is 7.92. The van der Waals surface area contributed by atoms with Gasteiger partial charge in [-0.15, -0.1) is 0 Å². The number of fused-ring (bicyclic) bond motifs is 3. The molecule has 2 fully saturated rings. The number of alkyl halides is 5. The number of hydrogen-bond donors (Lipinski definition) is 1. The van der Waals surface area contributed by atoms with Crippen LogP contribution in [0.25, 0.3) is 0 Å². The Morgan fingerprint density at radius 3 is 2.36 bits per heavy atom. The van der Waals surface area contributed by atoms with Crippen LogP contribution >= 0.6 is 0 Å². The monoisotopic (exact) mass is 647 g/mol. The van der Waals surface area contributed by atoms with Gasteiger partial charge in [0, 0.05) is 25.7 Å². The molecule has 3 unspecified atom stereocenters. The first-order valence-electron chi connectivity index (χ1n) is 14.0. The minimum Gasteiger partial charge on any atom is -0.389 e. The Morgan fingerprint density at radius 1 is 1.14 bits per heavy atom. The summed E-state index contributed by atoms with van der Waals surface area (Å²) in [4.78, 5) is 32.2. The van der Waals surface area contributed by atoms with Crippen LogP contribution in [-0.2, 0) is 36.3 Å². The maximum Gasteiger partial charge on any atom is 0.428 e. The molecular formula is C29H31F6N3O5S. The number of carbonyl (C=O) groups excluding carboxylic acids is 2. The van der Waals surface area contributed by atoms with Gasteiger partial charge in [-0.3, -0.25) is 14.6 Å². The average Bonchev–Trinajstić information content (AvgIpc) is 3.46. The maximum absolute atomic E-state index is 14.9. The molecular weight excluding hydrogens is 616 g/mol. The van der Waals surface area contributed by atoms with E-state index in [9.17, 15) is 49.5 Å². The molecule has 1 aromatic heterocycles. The van der Waals surface area contributed by atoms with Crippen molar-refractivity contribution in [2.75, 3.05) is 13.1 Å². The fourth-order valence-corrected chi connectivity index (χ4v) is 9.03. The standard InChI is InChI=1S/C29H31F6N3O5S/c1-26(2,41)15-38-21(13-20(31)24(38)39)25(40)37-11-10-28(44(42,43)18-7-5-17(30)6-8-18)19-14-36-22(27(3,32)29(33,34)35)12-16(19)4-9-23(28)37/h5-8,12,14,20-21,23,41H,4,9-11,13,15H2,1-3H3/t20-,21+,23?,27?,28?/m1/s1. The molecule has 2 aromatic rings. The highest BCUT2D eigenvalue weighted by Crippen LogP contribution is 2.54. The number of sulfone groups is 1. The molecule has 8 nitrogen and oxygen atoms in total. The number of likely N-dealkylation sites (tertiary alicyclic amines) is 2. The van der Waals surface area contributed by atoms with Crippen molar-refractivity contribution in [1.29, 1.82) is 0 Å². The molecule has 15 heteroatoms. The second kappa shape index (κ2) is 10.4. The predicted molar refractivity (Wildman–Crippen MR) is 144 cm³/mol. The van der Waals surface area contributed by atoms with Gasteiger partial charge in [0.1, 0.15) is 16.6 Å². The number of aromatic nitrogens is 1. The van der Waals surface area contributed by atoms with Crippen molar-refractivity contribution < 1.29 is 49.5 Å². The van der Waals surface area contributed by atoms with Gasteiger partial charge in [0.05, 0.1) is 22.2 Å². The fraction of sp³-hybridized carbons (Fsp3) is 0.552. The Morgan fingerprint density at radius 2 is 1.77 bits per heavy atom. The van der Waals surface area contributed by atoms with Gasteiger partial charge >= 0.3 is 6.18 Å². The van der Waals surface area contributed by atoms with Crippen LogP contribution in [0.5, 0.6) is 0 Å². The zero-order valence-corrected chi connectivity index (χ0v) is 24.9. The molecule has 240 valence electrons. The van der Waals surface area contributed by atoms with Gasteiger partial charge in [-0.05, 0) is 81.5 Å². The van der Waals surface area contributed by atoms with E-state index in [-0.39, 0.29) is 48.4 Å². The second-order valence-electron chi connectivity index (χ2n) is 12.4. The Kier molecular flexibility index (Phi) is 7.63. The molecule has 2 saturated heterocycles. The molecule has 0 radical (unpaired) electrons. The molecule has 1 N–H and O–H groups in total. The Bertz CT molecular complexity index is 1590. The molecule has 5 rings (SSSR count). The van der Waals surface area contributed by atoms with Crippen LogP contribution in [0.1, 0.15) is 56.9 Å². The number of aryl methyl sites for hydroxylation is 1. The zero-order chi connectivity index (χ0) is 32.6. The van der Waals surface area contributed by atoms with E-state index in [1.807, 2.05) is 0 Å². The number of aliphatic hydroxyl groups is 1. The third-order valence-electron chi connectivity index (χ3n) is 8.87. The minimum atomic E-state index is -5.30. The molecule has 5 atom stereocenters. The lowest BCUT2D eigenvalue weighted by atomic mass is 9.78. The summed E-state index contributed by atoms with van der Waals surface area (Å²) in [5, 5.41) is 10.3. The van der Waals surface area contributed by atoms with Gasteiger partial charge in [-0.25, -0.2) is 21.6 Å². The first-order chi connectivity index (χ1) is 20.2. The van der Waals surface area contributed by atoms with Crippen molar-refractivity contribution in [3.05, 3.63) is 59.2 Å². The summed E-state index contributed by atoms with van der Waals surface area (Å²) < 4.78 is 111. The summed E-state index contributed by atoms with van der Waals surface area (Å²) >= 11 is 0. The molecule has 0 spiro atoms. The van der Waals surface area contributed by atoms with Crippen molar-refractivity contribution in [2.24, 2.45) is 0 Å². The largest absolute Gasteiger partial charge is 0.428 e. The number of β-amino-alcohol motifs (C(OH)–C–C–N with tert-alkyl or cyclic N) is 1. The number of amides is 2. The molecule has 1 aliphatic carbocycles. The third-order valence-corrected chi connectivity index (χ3v) is 11.4. The zero-order valence-electron chi connectivity index (χ0n) is 24.0. The quantitative estimate of drug-likeness (QED) is 0.377. The Balaban J connectivity index is 1.63. The summed E-state index contributed by atoms with van der Waals surface area (Å²) in [6.07, 6.45) is -7.31. The number of nitrogens with zero attached hydrogens (tertiary/aromatic N) is 3. The van der Waals surface area contributed by atoms with Crippen LogP contribution in [-0.4, -0.2) is 83.2 Å². The van der Waals surface area contributed by atoms with Gasteiger partial charge in [0.25, 0.3) is 5.91 Å². The van der Waals surface area contributed by atoms with E-state index in [0.717, 1.165) is 41.4 Å². The second-order valence-corrected chi connectivity index (χ2v) is 14.6. The molecule has 3 heterocycles. The van der Waals surface area contributed by atoms with Crippen LogP contribution < -0.4 is 0 Å². The van der Waals surface area contributed by atoms with Crippen molar-refractivity contribution in [3.63, 3.8) is 0 Å². The van der Waals surface area contributed by atoms with E-state index < -0.39 is 80.0 Å². The highest BCUT2D eigenvalue weighted by atomic mass is 32.2. The average molecular weight is 648 g/mol. The Hall–Kier alpha value is -3.20. The van der Waals surface area contributed by atoms with Crippen LogP contribution in [0.15, 0.2) is 41.4 Å². The number of halogens is 6. The summed E-state index contributed by atoms with van der Waals surface area (Å²) in [6, 6.07) is 2.34. The molecule has 2 aliphatic heterocycles. The lowest BCUT2D eigenvalue weighted by Crippen LogP contribution is -2.56. The van der Waals surface area contributed by atoms with Gasteiger partial charge in [-0.1, -0.05) is 0 Å². The lowest BCUT2D eigenvalue weighted by molar-refractivity contribution is -0.230. The normalized spacial score (nSPS) is 27.2. The molecule has 0 saturated carbocycles. The topological polar surface area (TPSA) is 108 Å². The first kappa shape index (κ1) is 32.2. The summed E-state index contributed by atoms with van der Waals surface area (Å²) in [6.45, 7) is 2.52. The van der Waals surface area contributed by atoms with Gasteiger partial charge < -0.3 is 14.9 Å². The first-order valence-corrected chi connectivity index (χ1v) is 15.4. The molecule has 0 bridgehead atoms. The van der Waals surface area contributed by atoms with E-state index in [4.69, 9.17) is 0 Å². The van der Waals surface area contributed by atoms with Crippen LogP contribution in [0, 0.1) is 5.82 Å². The van der Waals surface area contributed by atoms with Gasteiger partial charge in [0.2, 0.25) is 11.6 Å². The van der Waals surface area contributed by atoms with Gasteiger partial charge in [0.15, 0.2) is 16.0 Å². The molecule has 2 amide bonds. The van der Waals surface area contributed by atoms with Crippen LogP contribution in [0.4, 0.5) is 26.3 Å². The smallest absolute Gasteiger partial charge is 0.389 e. The van der Waals surface area contributed by atoms with E-state index in [0.29, 0.717) is 6.92 Å². The fourth-order valence-electron chi connectivity index (χ4n) is 6.68. The van der Waals surface area contributed by atoms with E-state index >= 15 is 0 Å². The van der Waals surface area contributed by atoms with E-state index in [1.165, 1.54) is 18.7 Å². The summed E-state index contributed by atoms with van der Waals surface area (Å²) in [7, 11) is -4.53. The Labute approximate surface area is 250 Å². The SMILES string of the molecule is CC(C)(O)CN1C(=O)[C@H](F)C[C@H]1C(=O)N1CCC2(S(=O)(=O)c3ccc(F)cc3)c3cnc(C(C)(F)C(F)(F)F)cc3CCC12. The van der Waals surface area contributed by atoms with Crippen LogP contribution in [0.2, 0.25) is 0 Å². The van der Waals surface area contributed by atoms with E-state index in [1.54, 1.807) is 0 Å². The van der Waals surface area contributed by atoms with E-state index in [2.05, 4.69) is 4.98 Å². The minimum absolute atomic E-state index is 0.0192. The number of pyridine rings is 1. The predicted octanol–water partition coefficient (Wildman–Crippen LogP) is 3.89. The molecule has 1 aromatic carbocycles. The van der Waals surface area contributed by atoms with Crippen molar-refractivity contribution in [3.8, 4) is 0 Å². The third kappa shape index (κ3) is 4.95. The number of hydrogen-bond acceptors (Lipinski definition) is 6. The highest BCUT2D eigenvalue weighted by Gasteiger charge is 2.63. The molecule has 44 heavy (non-hydrogen) atoms. The van der Waals surface area contributed by atoms with Crippen LogP contribution in [0.3, 0.4) is 0 Å². The number of benzene rings is 1. The van der Waals surface area contributed by atoms with Crippen molar-refractivity contribution in [2.45, 2.75) is 91.8 Å². The van der Waals surface area contributed by atoms with Crippen molar-refractivity contribution in [1.82, 2.24) is 14.8 Å².